The Morgan fingerprint density at radius 1 is 1.38 bits per heavy atom. The largest absolute Gasteiger partial charge is 0.271 e. The molecule has 0 saturated heterocycles. The highest BCUT2D eigenvalue weighted by Crippen LogP contribution is 2.43. The van der Waals surface area contributed by atoms with Crippen LogP contribution in [0.25, 0.3) is 0 Å². The molecule has 0 amide bonds. The van der Waals surface area contributed by atoms with E-state index in [0.717, 1.165) is 30.4 Å². The van der Waals surface area contributed by atoms with Crippen LogP contribution in [-0.2, 0) is 6.42 Å². The molecule has 0 spiro atoms. The molecule has 1 aliphatic rings. The highest BCUT2D eigenvalue weighted by atomic mass is 32.1. The van der Waals surface area contributed by atoms with Crippen molar-refractivity contribution in [2.45, 2.75) is 45.1 Å². The van der Waals surface area contributed by atoms with E-state index < -0.39 is 0 Å². The number of benzene rings is 1. The zero-order valence-corrected chi connectivity index (χ0v) is 13.3. The van der Waals surface area contributed by atoms with Crippen molar-refractivity contribution in [2.75, 3.05) is 0 Å². The molecule has 0 fully saturated rings. The lowest BCUT2D eigenvalue weighted by atomic mass is 9.79. The van der Waals surface area contributed by atoms with Gasteiger partial charge < -0.3 is 0 Å². The average Bonchev–Trinajstić information content (AvgIpc) is 2.91. The first-order valence-corrected chi connectivity index (χ1v) is 8.29. The zero-order chi connectivity index (χ0) is 15.0. The number of nitrogens with one attached hydrogen (secondary N) is 1. The molecule has 112 valence electrons. The molecule has 1 heterocycles. The van der Waals surface area contributed by atoms with Crippen molar-refractivity contribution in [2.24, 2.45) is 5.84 Å². The van der Waals surface area contributed by atoms with Gasteiger partial charge in [-0.2, -0.15) is 0 Å². The molecule has 2 aromatic rings. The van der Waals surface area contributed by atoms with E-state index in [-0.39, 0.29) is 17.8 Å². The second-order valence-corrected chi connectivity index (χ2v) is 6.92. The number of hydrogen-bond acceptors (Lipinski definition) is 3. The Bertz CT molecular complexity index is 627. The molecule has 1 aromatic heterocycles. The molecule has 0 radical (unpaired) electrons. The van der Waals surface area contributed by atoms with Gasteiger partial charge in [-0.25, -0.2) is 4.39 Å². The van der Waals surface area contributed by atoms with Crippen LogP contribution in [0.15, 0.2) is 23.6 Å². The fourth-order valence-electron chi connectivity index (χ4n) is 3.59. The topological polar surface area (TPSA) is 38.0 Å². The number of hydrogen-bond donors (Lipinski definition) is 2. The van der Waals surface area contributed by atoms with Crippen molar-refractivity contribution in [1.82, 2.24) is 5.43 Å². The van der Waals surface area contributed by atoms with Crippen LogP contribution in [0.5, 0.6) is 0 Å². The van der Waals surface area contributed by atoms with E-state index in [1.807, 2.05) is 19.9 Å². The van der Waals surface area contributed by atoms with Gasteiger partial charge in [-0.15, -0.1) is 11.3 Å². The van der Waals surface area contributed by atoms with Crippen LogP contribution in [0.1, 0.15) is 51.9 Å². The van der Waals surface area contributed by atoms with Crippen LogP contribution in [0.4, 0.5) is 4.39 Å². The third-order valence-corrected chi connectivity index (χ3v) is 5.47. The fourth-order valence-corrected chi connectivity index (χ4v) is 4.59. The molecule has 0 aliphatic heterocycles. The van der Waals surface area contributed by atoms with Crippen molar-refractivity contribution in [3.05, 3.63) is 56.5 Å². The molecule has 3 N–H and O–H groups in total. The highest BCUT2D eigenvalue weighted by molar-refractivity contribution is 7.10. The summed E-state index contributed by atoms with van der Waals surface area (Å²) in [5.41, 5.74) is 6.86. The molecule has 3 rings (SSSR count). The van der Waals surface area contributed by atoms with Crippen molar-refractivity contribution in [3.8, 4) is 0 Å². The summed E-state index contributed by atoms with van der Waals surface area (Å²) in [4.78, 5) is 1.43. The number of aryl methyl sites for hydroxylation is 3. The summed E-state index contributed by atoms with van der Waals surface area (Å²) in [6, 6.07) is 5.64. The Kier molecular flexibility index (Phi) is 4.11. The normalized spacial score (nSPS) is 19.3. The maximum Gasteiger partial charge on any atom is 0.128 e. The molecule has 0 saturated carbocycles. The molecular weight excluding hydrogens is 283 g/mol. The molecule has 4 heteroatoms. The first-order chi connectivity index (χ1) is 10.1. The zero-order valence-electron chi connectivity index (χ0n) is 12.4. The van der Waals surface area contributed by atoms with Crippen molar-refractivity contribution >= 4 is 11.3 Å². The lowest BCUT2D eigenvalue weighted by molar-refractivity contribution is 0.396. The summed E-state index contributed by atoms with van der Waals surface area (Å²) < 4.78 is 14.5. The number of nitrogens with two attached hydrogens (primary N) is 1. The lowest BCUT2D eigenvalue weighted by Gasteiger charge is -2.31. The molecule has 2 nitrogen and oxygen atoms in total. The maximum absolute atomic E-state index is 14.5. The van der Waals surface area contributed by atoms with Crippen LogP contribution in [0, 0.1) is 19.7 Å². The molecule has 21 heavy (non-hydrogen) atoms. The van der Waals surface area contributed by atoms with E-state index >= 15 is 0 Å². The lowest BCUT2D eigenvalue weighted by Crippen LogP contribution is -2.35. The number of fused-ring (bicyclic) bond motifs is 1. The van der Waals surface area contributed by atoms with E-state index in [1.165, 1.54) is 10.4 Å². The van der Waals surface area contributed by atoms with Gasteiger partial charge in [-0.3, -0.25) is 11.3 Å². The summed E-state index contributed by atoms with van der Waals surface area (Å²) in [6.07, 6.45) is 3.32. The SMILES string of the molecule is Cc1cc(C)c(C(NN)C2CCCc3sccc32)c(F)c1. The van der Waals surface area contributed by atoms with Crippen molar-refractivity contribution < 1.29 is 4.39 Å². The van der Waals surface area contributed by atoms with Gasteiger partial charge in [0.1, 0.15) is 5.82 Å². The van der Waals surface area contributed by atoms with Gasteiger partial charge in [-0.1, -0.05) is 6.07 Å². The molecule has 0 bridgehead atoms. The van der Waals surface area contributed by atoms with E-state index in [2.05, 4.69) is 16.9 Å². The minimum absolute atomic E-state index is 0.155. The van der Waals surface area contributed by atoms with E-state index in [4.69, 9.17) is 5.84 Å². The Hall–Kier alpha value is -1.23. The van der Waals surface area contributed by atoms with Crippen LogP contribution in [-0.4, -0.2) is 0 Å². The van der Waals surface area contributed by atoms with Gasteiger partial charge in [-0.05, 0) is 67.3 Å². The Balaban J connectivity index is 2.05. The Labute approximate surface area is 129 Å². The third kappa shape index (κ3) is 2.63. The van der Waals surface area contributed by atoms with Gasteiger partial charge in [0.25, 0.3) is 0 Å². The summed E-state index contributed by atoms with van der Waals surface area (Å²) in [6.45, 7) is 3.88. The monoisotopic (exact) mass is 304 g/mol. The first kappa shape index (κ1) is 14.7. The minimum atomic E-state index is -0.167. The fraction of sp³-hybridized carbons (Fsp3) is 0.412. The Morgan fingerprint density at radius 2 is 2.19 bits per heavy atom. The standard InChI is InChI=1S/C17H21FN2S/c1-10-8-11(2)16(14(18)9-10)17(20-19)13-4-3-5-15-12(13)6-7-21-15/h6-9,13,17,20H,3-5,19H2,1-2H3. The van der Waals surface area contributed by atoms with Gasteiger partial charge in [0, 0.05) is 16.4 Å². The van der Waals surface area contributed by atoms with Gasteiger partial charge in [0.15, 0.2) is 0 Å². The number of halogens is 1. The van der Waals surface area contributed by atoms with Gasteiger partial charge in [0.05, 0.1) is 6.04 Å². The maximum atomic E-state index is 14.5. The average molecular weight is 304 g/mol. The second-order valence-electron chi connectivity index (χ2n) is 5.92. The number of hydrazine groups is 1. The predicted octanol–water partition coefficient (Wildman–Crippen LogP) is 4.13. The minimum Gasteiger partial charge on any atom is -0.271 e. The molecule has 1 aliphatic carbocycles. The third-order valence-electron chi connectivity index (χ3n) is 4.47. The van der Waals surface area contributed by atoms with Crippen LogP contribution >= 0.6 is 11.3 Å². The highest BCUT2D eigenvalue weighted by Gasteiger charge is 2.31. The van der Waals surface area contributed by atoms with Crippen LogP contribution in [0.2, 0.25) is 0 Å². The number of thiophene rings is 1. The van der Waals surface area contributed by atoms with Crippen molar-refractivity contribution in [1.29, 1.82) is 0 Å². The van der Waals surface area contributed by atoms with Gasteiger partial charge >= 0.3 is 0 Å². The van der Waals surface area contributed by atoms with Crippen LogP contribution in [0.3, 0.4) is 0 Å². The van der Waals surface area contributed by atoms with Crippen LogP contribution < -0.4 is 11.3 Å². The summed E-state index contributed by atoms with van der Waals surface area (Å²) in [5.74, 6) is 5.92. The Morgan fingerprint density at radius 3 is 2.90 bits per heavy atom. The molecule has 2 atom stereocenters. The summed E-state index contributed by atoms with van der Waals surface area (Å²) >= 11 is 1.80. The molecule has 1 aromatic carbocycles. The quantitative estimate of drug-likeness (QED) is 0.661. The van der Waals surface area contributed by atoms with E-state index in [9.17, 15) is 4.39 Å². The molecular formula is C17H21FN2S. The van der Waals surface area contributed by atoms with E-state index in [1.54, 1.807) is 17.4 Å². The van der Waals surface area contributed by atoms with Gasteiger partial charge in [0.2, 0.25) is 0 Å². The smallest absolute Gasteiger partial charge is 0.128 e. The summed E-state index contributed by atoms with van der Waals surface area (Å²) in [7, 11) is 0. The van der Waals surface area contributed by atoms with Crippen molar-refractivity contribution in [3.63, 3.8) is 0 Å². The van der Waals surface area contributed by atoms with E-state index in [0.29, 0.717) is 5.56 Å². The second kappa shape index (κ2) is 5.87. The first-order valence-electron chi connectivity index (χ1n) is 7.41. The summed E-state index contributed by atoms with van der Waals surface area (Å²) in [5, 5.41) is 2.13. The predicted molar refractivity (Wildman–Crippen MR) is 85.9 cm³/mol. The molecule has 2 unspecified atom stereocenters. The number of rotatable bonds is 3.